The van der Waals surface area contributed by atoms with Crippen LogP contribution in [0.4, 0.5) is 0 Å². The minimum atomic E-state index is -0.402. The second-order valence-corrected chi connectivity index (χ2v) is 5.69. The lowest BCUT2D eigenvalue weighted by molar-refractivity contribution is -0.120. The van der Waals surface area contributed by atoms with Crippen molar-refractivity contribution in [3.8, 4) is 0 Å². The Labute approximate surface area is 137 Å². The molecule has 7 nitrogen and oxygen atoms in total. The molecule has 1 unspecified atom stereocenters. The van der Waals surface area contributed by atoms with E-state index in [-0.39, 0.29) is 18.5 Å². The number of nitrogens with one attached hydrogen (secondary N) is 2. The lowest BCUT2D eigenvalue weighted by Crippen LogP contribution is -2.40. The molecular formula is C16H26N4O3. The van der Waals surface area contributed by atoms with Crippen molar-refractivity contribution in [1.29, 1.82) is 0 Å². The molecule has 2 N–H and O–H groups in total. The fourth-order valence-electron chi connectivity index (χ4n) is 1.97. The van der Waals surface area contributed by atoms with Crippen molar-refractivity contribution in [3.63, 3.8) is 0 Å². The Morgan fingerprint density at radius 1 is 1.39 bits per heavy atom. The highest BCUT2D eigenvalue weighted by molar-refractivity contribution is 5.89. The standard InChI is InChI=1S/C16H26N4O3/c1-12(6-8-20(2)3)19-15(21)11-17-10-14-9-13(5-7-18-14)16(22)23-4/h5,7,9,12,17H,6,8,10-11H2,1-4H3,(H,19,21). The number of ether oxygens (including phenoxy) is 1. The summed E-state index contributed by atoms with van der Waals surface area (Å²) in [4.78, 5) is 29.5. The monoisotopic (exact) mass is 322 g/mol. The van der Waals surface area contributed by atoms with E-state index in [0.29, 0.717) is 17.8 Å². The molecule has 23 heavy (non-hydrogen) atoms. The third-order valence-electron chi connectivity index (χ3n) is 3.25. The van der Waals surface area contributed by atoms with Gasteiger partial charge in [-0.2, -0.15) is 0 Å². The van der Waals surface area contributed by atoms with Crippen LogP contribution in [0.15, 0.2) is 18.3 Å². The zero-order chi connectivity index (χ0) is 17.2. The second-order valence-electron chi connectivity index (χ2n) is 5.69. The maximum Gasteiger partial charge on any atom is 0.337 e. The summed E-state index contributed by atoms with van der Waals surface area (Å²) in [6, 6.07) is 3.37. The zero-order valence-electron chi connectivity index (χ0n) is 14.3. The summed E-state index contributed by atoms with van der Waals surface area (Å²) in [5, 5.41) is 5.96. The van der Waals surface area contributed by atoms with Crippen LogP contribution in [0.1, 0.15) is 29.4 Å². The van der Waals surface area contributed by atoms with Crippen LogP contribution in [0.5, 0.6) is 0 Å². The van der Waals surface area contributed by atoms with E-state index in [2.05, 4.69) is 25.3 Å². The first-order chi connectivity index (χ1) is 10.9. The summed E-state index contributed by atoms with van der Waals surface area (Å²) in [5.41, 5.74) is 1.13. The van der Waals surface area contributed by atoms with E-state index in [4.69, 9.17) is 0 Å². The van der Waals surface area contributed by atoms with Gasteiger partial charge in [0.2, 0.25) is 5.91 Å². The normalized spacial score (nSPS) is 12.0. The summed E-state index contributed by atoms with van der Waals surface area (Å²) < 4.78 is 4.66. The molecule has 0 saturated heterocycles. The first-order valence-corrected chi connectivity index (χ1v) is 7.60. The van der Waals surface area contributed by atoms with Crippen molar-refractivity contribution in [1.82, 2.24) is 20.5 Å². The number of carbonyl (C=O) groups is 2. The fraction of sp³-hybridized carbons (Fsp3) is 0.562. The van der Waals surface area contributed by atoms with Gasteiger partial charge in [-0.25, -0.2) is 4.79 Å². The molecule has 1 atom stereocenters. The van der Waals surface area contributed by atoms with Gasteiger partial charge in [0, 0.05) is 18.8 Å². The van der Waals surface area contributed by atoms with Gasteiger partial charge >= 0.3 is 5.97 Å². The van der Waals surface area contributed by atoms with Crippen LogP contribution in [0.2, 0.25) is 0 Å². The topological polar surface area (TPSA) is 83.6 Å². The Hall–Kier alpha value is -1.99. The first kappa shape index (κ1) is 19.1. The lowest BCUT2D eigenvalue weighted by atomic mass is 10.2. The van der Waals surface area contributed by atoms with Crippen LogP contribution in [0.3, 0.4) is 0 Å². The Bertz CT molecular complexity index is 520. The predicted octanol–water partition coefficient (Wildman–Crippen LogP) is 0.414. The smallest absolute Gasteiger partial charge is 0.337 e. The Balaban J connectivity index is 2.33. The first-order valence-electron chi connectivity index (χ1n) is 7.60. The van der Waals surface area contributed by atoms with Crippen LogP contribution < -0.4 is 10.6 Å². The molecule has 0 aromatic carbocycles. The van der Waals surface area contributed by atoms with Gasteiger partial charge in [-0.3, -0.25) is 9.78 Å². The van der Waals surface area contributed by atoms with Crippen LogP contribution in [-0.4, -0.2) is 62.1 Å². The Morgan fingerprint density at radius 2 is 2.13 bits per heavy atom. The minimum absolute atomic E-state index is 0.0552. The van der Waals surface area contributed by atoms with Crippen molar-refractivity contribution < 1.29 is 14.3 Å². The van der Waals surface area contributed by atoms with Crippen molar-refractivity contribution in [2.75, 3.05) is 34.3 Å². The van der Waals surface area contributed by atoms with E-state index >= 15 is 0 Å². The molecule has 1 amide bonds. The summed E-state index contributed by atoms with van der Waals surface area (Å²) in [6.45, 7) is 3.53. The van der Waals surface area contributed by atoms with E-state index in [1.54, 1.807) is 18.3 Å². The van der Waals surface area contributed by atoms with Gasteiger partial charge in [0.1, 0.15) is 0 Å². The zero-order valence-corrected chi connectivity index (χ0v) is 14.3. The molecule has 1 rings (SSSR count). The minimum Gasteiger partial charge on any atom is -0.465 e. The predicted molar refractivity (Wildman–Crippen MR) is 88.1 cm³/mol. The fourth-order valence-corrected chi connectivity index (χ4v) is 1.97. The molecule has 0 aliphatic carbocycles. The SMILES string of the molecule is COC(=O)c1ccnc(CNCC(=O)NC(C)CCN(C)C)c1. The molecule has 1 aromatic heterocycles. The number of pyridine rings is 1. The van der Waals surface area contributed by atoms with E-state index in [0.717, 1.165) is 13.0 Å². The highest BCUT2D eigenvalue weighted by Crippen LogP contribution is 2.03. The van der Waals surface area contributed by atoms with E-state index in [9.17, 15) is 9.59 Å². The molecule has 0 bridgehead atoms. The van der Waals surface area contributed by atoms with E-state index in [1.807, 2.05) is 21.0 Å². The molecule has 0 aliphatic heterocycles. The summed E-state index contributed by atoms with van der Waals surface area (Å²) in [5.74, 6) is -0.457. The van der Waals surface area contributed by atoms with Crippen molar-refractivity contribution in [2.45, 2.75) is 25.9 Å². The lowest BCUT2D eigenvalue weighted by Gasteiger charge is -2.16. The maximum absolute atomic E-state index is 11.8. The van der Waals surface area contributed by atoms with Gasteiger partial charge in [0.05, 0.1) is 24.9 Å². The molecule has 128 valence electrons. The van der Waals surface area contributed by atoms with Gasteiger partial charge < -0.3 is 20.3 Å². The Morgan fingerprint density at radius 3 is 2.78 bits per heavy atom. The van der Waals surface area contributed by atoms with Gasteiger partial charge in [-0.1, -0.05) is 0 Å². The van der Waals surface area contributed by atoms with E-state index < -0.39 is 5.97 Å². The quantitative estimate of drug-likeness (QED) is 0.641. The third-order valence-corrected chi connectivity index (χ3v) is 3.25. The largest absolute Gasteiger partial charge is 0.465 e. The van der Waals surface area contributed by atoms with Gasteiger partial charge in [-0.15, -0.1) is 0 Å². The van der Waals surface area contributed by atoms with Crippen molar-refractivity contribution in [3.05, 3.63) is 29.6 Å². The number of hydrogen-bond donors (Lipinski definition) is 2. The molecule has 0 radical (unpaired) electrons. The Kier molecular flexibility index (Phi) is 8.21. The van der Waals surface area contributed by atoms with Crippen molar-refractivity contribution >= 4 is 11.9 Å². The second kappa shape index (κ2) is 9.91. The molecule has 0 spiro atoms. The number of amides is 1. The van der Waals surface area contributed by atoms with Gasteiger partial charge in [0.25, 0.3) is 0 Å². The van der Waals surface area contributed by atoms with Crippen LogP contribution in [0.25, 0.3) is 0 Å². The number of methoxy groups -OCH3 is 1. The van der Waals surface area contributed by atoms with E-state index in [1.165, 1.54) is 7.11 Å². The number of esters is 1. The summed E-state index contributed by atoms with van der Waals surface area (Å²) >= 11 is 0. The molecule has 1 aromatic rings. The average Bonchev–Trinajstić information content (AvgIpc) is 2.52. The summed E-state index contributed by atoms with van der Waals surface area (Å²) in [7, 11) is 5.35. The third kappa shape index (κ3) is 7.71. The molecule has 7 heteroatoms. The summed E-state index contributed by atoms with van der Waals surface area (Å²) in [6.07, 6.45) is 2.45. The number of aromatic nitrogens is 1. The number of rotatable bonds is 9. The van der Waals surface area contributed by atoms with Gasteiger partial charge in [0.15, 0.2) is 0 Å². The molecule has 0 saturated carbocycles. The number of nitrogens with zero attached hydrogens (tertiary/aromatic N) is 2. The molecule has 0 aliphatic rings. The van der Waals surface area contributed by atoms with Crippen LogP contribution in [0, 0.1) is 0 Å². The average molecular weight is 322 g/mol. The van der Waals surface area contributed by atoms with Crippen LogP contribution >= 0.6 is 0 Å². The maximum atomic E-state index is 11.8. The molecule has 0 fully saturated rings. The van der Waals surface area contributed by atoms with Crippen molar-refractivity contribution in [2.24, 2.45) is 0 Å². The van der Waals surface area contributed by atoms with Gasteiger partial charge in [-0.05, 0) is 46.1 Å². The molecular weight excluding hydrogens is 296 g/mol. The van der Waals surface area contributed by atoms with Crippen LogP contribution in [-0.2, 0) is 16.1 Å². The number of carbonyl (C=O) groups excluding carboxylic acids is 2. The highest BCUT2D eigenvalue weighted by Gasteiger charge is 2.09. The highest BCUT2D eigenvalue weighted by atomic mass is 16.5. The number of hydrogen-bond acceptors (Lipinski definition) is 6. The molecule has 1 heterocycles.